The molecular weight excluding hydrogens is 542 g/mol. The number of allylic oxidation sites excluding steroid dienone is 5. The first-order valence-corrected chi connectivity index (χ1v) is 15.3. The van der Waals surface area contributed by atoms with Crippen LogP contribution < -0.4 is 4.74 Å². The van der Waals surface area contributed by atoms with E-state index in [-0.39, 0.29) is 30.1 Å². The van der Waals surface area contributed by atoms with Crippen LogP contribution in [0, 0.1) is 5.92 Å². The van der Waals surface area contributed by atoms with Gasteiger partial charge in [0.25, 0.3) is 5.24 Å². The molecule has 2 bridgehead atoms. The molecule has 9 heteroatoms. The minimum atomic E-state index is -1.30. The van der Waals surface area contributed by atoms with Crippen molar-refractivity contribution >= 4 is 28.9 Å². The highest BCUT2D eigenvalue weighted by molar-refractivity contribution is 8.14. The van der Waals surface area contributed by atoms with Crippen LogP contribution in [0.4, 0.5) is 4.79 Å². The quantitative estimate of drug-likeness (QED) is 0.390. The zero-order chi connectivity index (χ0) is 29.4. The van der Waals surface area contributed by atoms with E-state index < -0.39 is 23.9 Å². The van der Waals surface area contributed by atoms with Crippen LogP contribution in [-0.2, 0) is 30.2 Å². The first-order valence-electron chi connectivity index (χ1n) is 14.3. The number of thioether (sulfide) groups is 1. The van der Waals surface area contributed by atoms with Crippen molar-refractivity contribution in [2.75, 3.05) is 20.0 Å². The lowest BCUT2D eigenvalue weighted by molar-refractivity contribution is -0.304. The summed E-state index contributed by atoms with van der Waals surface area (Å²) in [5, 5.41) is -0.330. The number of rotatable bonds is 5. The fourth-order valence-electron chi connectivity index (χ4n) is 5.60. The summed E-state index contributed by atoms with van der Waals surface area (Å²) in [6.07, 6.45) is 13.2. The van der Waals surface area contributed by atoms with Crippen LogP contribution >= 0.6 is 11.8 Å². The van der Waals surface area contributed by atoms with Crippen LogP contribution in [0.5, 0.6) is 5.75 Å². The van der Waals surface area contributed by atoms with Gasteiger partial charge in [0, 0.05) is 31.8 Å². The zero-order valence-electron chi connectivity index (χ0n) is 24.4. The molecule has 222 valence electrons. The lowest BCUT2D eigenvalue weighted by atomic mass is 9.89. The molecule has 2 amide bonds. The molecule has 0 spiro atoms. The number of fused-ring (bicyclic) bond motifs is 2. The van der Waals surface area contributed by atoms with Crippen molar-refractivity contribution in [3.8, 4) is 5.75 Å². The molecule has 0 aromatic heterocycles. The minimum absolute atomic E-state index is 0.0524. The second-order valence-corrected chi connectivity index (χ2v) is 12.0. The smallest absolute Gasteiger partial charge is 0.330 e. The fourth-order valence-corrected chi connectivity index (χ4v) is 6.67. The third-order valence-corrected chi connectivity index (χ3v) is 8.82. The average Bonchev–Trinajstić information content (AvgIpc) is 3.35. The van der Waals surface area contributed by atoms with Crippen molar-refractivity contribution in [1.82, 2.24) is 4.90 Å². The Morgan fingerprint density at radius 2 is 1.90 bits per heavy atom. The molecule has 41 heavy (non-hydrogen) atoms. The first kappa shape index (κ1) is 31.1. The molecule has 3 heterocycles. The van der Waals surface area contributed by atoms with Gasteiger partial charge >= 0.3 is 5.97 Å². The topological polar surface area (TPSA) is 91.4 Å². The molecule has 0 N–H and O–H groups in total. The van der Waals surface area contributed by atoms with Gasteiger partial charge in [0.15, 0.2) is 5.79 Å². The predicted octanol–water partition coefficient (Wildman–Crippen LogP) is 6.00. The van der Waals surface area contributed by atoms with E-state index in [1.165, 1.54) is 12.0 Å². The van der Waals surface area contributed by atoms with E-state index in [1.54, 1.807) is 25.3 Å². The summed E-state index contributed by atoms with van der Waals surface area (Å²) in [5.41, 5.74) is 1.71. The van der Waals surface area contributed by atoms with Crippen molar-refractivity contribution in [2.24, 2.45) is 5.92 Å². The third kappa shape index (κ3) is 8.11. The lowest BCUT2D eigenvalue weighted by Crippen LogP contribution is -2.61. The Morgan fingerprint density at radius 1 is 1.12 bits per heavy atom. The standard InChI is InChI=1S/C32H41NO7S/c1-22-9-7-5-6-8-10-23(2)17-30(35)39-27-19-26(14-11-22)40-32(20-27,38-4)28-21-41-31(36)33(28)29(34)18-24-12-15-25(37-3)16-13-24/h5-7,9,12-13,15-17,22,26-28H,8,10-11,14,18-21H2,1-4H3/b6-5+,9-7-,23-17-/t22-,26-,27-,28+,32-/m1/s1. The molecule has 3 aliphatic heterocycles. The number of hydrogen-bond donors (Lipinski definition) is 0. The van der Waals surface area contributed by atoms with Crippen molar-refractivity contribution in [3.05, 3.63) is 65.8 Å². The van der Waals surface area contributed by atoms with Crippen molar-refractivity contribution < 1.29 is 33.3 Å². The van der Waals surface area contributed by atoms with Crippen LogP contribution in [-0.4, -0.2) is 66.0 Å². The molecule has 0 radical (unpaired) electrons. The number of esters is 1. The summed E-state index contributed by atoms with van der Waals surface area (Å²) in [6, 6.07) is 6.54. The van der Waals surface area contributed by atoms with Gasteiger partial charge in [0.2, 0.25) is 5.91 Å². The normalized spacial score (nSPS) is 32.5. The summed E-state index contributed by atoms with van der Waals surface area (Å²) in [7, 11) is 3.12. The number of hydrogen-bond acceptors (Lipinski definition) is 8. The maximum Gasteiger partial charge on any atom is 0.330 e. The number of imide groups is 1. The maximum absolute atomic E-state index is 13.6. The molecule has 0 aliphatic carbocycles. The minimum Gasteiger partial charge on any atom is -0.497 e. The van der Waals surface area contributed by atoms with E-state index >= 15 is 0 Å². The number of amides is 2. The van der Waals surface area contributed by atoms with Crippen LogP contribution in [0.2, 0.25) is 0 Å². The molecule has 3 aliphatic rings. The second kappa shape index (κ2) is 14.3. The molecule has 2 saturated heterocycles. The van der Waals surface area contributed by atoms with Crippen molar-refractivity contribution in [2.45, 2.75) is 82.8 Å². The third-order valence-electron chi connectivity index (χ3n) is 7.90. The Bertz CT molecular complexity index is 1180. The molecule has 4 rings (SSSR count). The predicted molar refractivity (Wildman–Crippen MR) is 159 cm³/mol. The van der Waals surface area contributed by atoms with Crippen LogP contribution in [0.25, 0.3) is 0 Å². The van der Waals surface area contributed by atoms with E-state index in [0.29, 0.717) is 23.8 Å². The van der Waals surface area contributed by atoms with Gasteiger partial charge < -0.3 is 18.9 Å². The van der Waals surface area contributed by atoms with Crippen molar-refractivity contribution in [3.63, 3.8) is 0 Å². The van der Waals surface area contributed by atoms with Gasteiger partial charge in [-0.3, -0.25) is 14.5 Å². The zero-order valence-corrected chi connectivity index (χ0v) is 25.2. The van der Waals surface area contributed by atoms with Gasteiger partial charge in [0.1, 0.15) is 17.9 Å². The summed E-state index contributed by atoms with van der Waals surface area (Å²) in [6.45, 7) is 4.09. The van der Waals surface area contributed by atoms with Crippen LogP contribution in [0.3, 0.4) is 0 Å². The molecule has 1 aromatic carbocycles. The number of benzene rings is 1. The number of ether oxygens (including phenoxy) is 4. The highest BCUT2D eigenvalue weighted by Gasteiger charge is 2.55. The maximum atomic E-state index is 13.6. The number of carbonyl (C=O) groups is 3. The summed E-state index contributed by atoms with van der Waals surface area (Å²) in [4.78, 5) is 40.8. The Labute approximate surface area is 247 Å². The molecule has 2 fully saturated rings. The second-order valence-electron chi connectivity index (χ2n) is 11.0. The summed E-state index contributed by atoms with van der Waals surface area (Å²) < 4.78 is 23.9. The van der Waals surface area contributed by atoms with Crippen molar-refractivity contribution in [1.29, 1.82) is 0 Å². The number of nitrogens with zero attached hydrogens (tertiary/aromatic N) is 1. The molecule has 5 atom stereocenters. The number of carbonyl (C=O) groups excluding carboxylic acids is 3. The van der Waals surface area contributed by atoms with E-state index in [0.717, 1.165) is 48.6 Å². The number of methoxy groups -OCH3 is 2. The van der Waals surface area contributed by atoms with E-state index in [9.17, 15) is 14.4 Å². The van der Waals surface area contributed by atoms with E-state index in [4.69, 9.17) is 18.9 Å². The summed E-state index contributed by atoms with van der Waals surface area (Å²) in [5.74, 6) is -0.676. The van der Waals surface area contributed by atoms with Gasteiger partial charge in [-0.1, -0.05) is 60.7 Å². The summed E-state index contributed by atoms with van der Waals surface area (Å²) >= 11 is 1.08. The van der Waals surface area contributed by atoms with Gasteiger partial charge in [-0.05, 0) is 56.2 Å². The lowest BCUT2D eigenvalue weighted by Gasteiger charge is -2.47. The van der Waals surface area contributed by atoms with E-state index in [2.05, 4.69) is 25.2 Å². The Morgan fingerprint density at radius 3 is 2.63 bits per heavy atom. The van der Waals surface area contributed by atoms with Gasteiger partial charge in [0.05, 0.1) is 19.6 Å². The molecule has 0 saturated carbocycles. The van der Waals surface area contributed by atoms with Crippen LogP contribution in [0.1, 0.15) is 57.9 Å². The molecule has 8 nitrogen and oxygen atoms in total. The van der Waals surface area contributed by atoms with Crippen LogP contribution in [0.15, 0.2) is 60.2 Å². The molecule has 1 aromatic rings. The Kier molecular flexibility index (Phi) is 10.9. The average molecular weight is 584 g/mol. The largest absolute Gasteiger partial charge is 0.497 e. The van der Waals surface area contributed by atoms with Gasteiger partial charge in [-0.2, -0.15) is 0 Å². The van der Waals surface area contributed by atoms with Gasteiger partial charge in [-0.25, -0.2) is 4.79 Å². The van der Waals surface area contributed by atoms with E-state index in [1.807, 2.05) is 25.1 Å². The van der Waals surface area contributed by atoms with Gasteiger partial charge in [-0.15, -0.1) is 0 Å². The fraction of sp³-hybridized carbons (Fsp3) is 0.531. The SMILES string of the molecule is COc1ccc(CC(=O)N2C(=O)SC[C@H]2[C@@]2(OC)C[C@H]3C[C@@H](CC[C@H](C)/C=C\C=C\CC/C(C)=C\C(=O)O3)O2)cc1. The highest BCUT2D eigenvalue weighted by Crippen LogP contribution is 2.42. The first-order chi connectivity index (χ1) is 19.7. The monoisotopic (exact) mass is 583 g/mol. The molecule has 0 unspecified atom stereocenters. The Hall–Kier alpha value is -2.88. The molecular formula is C32H41NO7S. The highest BCUT2D eigenvalue weighted by atomic mass is 32.2. The Balaban J connectivity index is 1.59.